The summed E-state index contributed by atoms with van der Waals surface area (Å²) in [4.78, 5) is 8.04. The minimum atomic E-state index is 0.166. The lowest BCUT2D eigenvalue weighted by atomic mass is 10.3. The molecule has 3 rings (SSSR count). The number of nitrogen functional groups attached to an aromatic ring is 2. The van der Waals surface area contributed by atoms with Gasteiger partial charge in [-0.2, -0.15) is 15.1 Å². The molecule has 1 aliphatic rings. The van der Waals surface area contributed by atoms with E-state index in [1.807, 2.05) is 12.3 Å². The van der Waals surface area contributed by atoms with Gasteiger partial charge in [0, 0.05) is 18.2 Å². The molecule has 0 aliphatic heterocycles. The van der Waals surface area contributed by atoms with Crippen LogP contribution in [0.4, 0.5) is 11.8 Å². The third kappa shape index (κ3) is 1.92. The number of hydrogen-bond donors (Lipinski definition) is 3. The van der Waals surface area contributed by atoms with Crippen LogP contribution in [0.2, 0.25) is 0 Å². The third-order valence-corrected chi connectivity index (χ3v) is 2.72. The molecular weight excluding hydrogens is 218 g/mol. The number of rotatable bonds is 3. The Kier molecular flexibility index (Phi) is 2.19. The molecule has 1 aliphatic carbocycles. The van der Waals surface area contributed by atoms with Crippen LogP contribution in [-0.4, -0.2) is 19.7 Å². The fourth-order valence-corrected chi connectivity index (χ4v) is 1.71. The second-order valence-corrected chi connectivity index (χ2v) is 4.07. The van der Waals surface area contributed by atoms with Crippen LogP contribution >= 0.6 is 0 Å². The van der Waals surface area contributed by atoms with Crippen LogP contribution in [0.15, 0.2) is 18.3 Å². The normalized spacial score (nSPS) is 14.9. The standard InChI is InChI=1S/C10H13N7/c11-10-13-8(15-12)5-9(14-10)17-4-3-7(16-17)6-1-2-6/h3-6H,1-2,12H2,(H3,11,13,14,15). The third-order valence-electron chi connectivity index (χ3n) is 2.72. The molecule has 2 aromatic rings. The van der Waals surface area contributed by atoms with Gasteiger partial charge < -0.3 is 11.2 Å². The minimum absolute atomic E-state index is 0.166. The predicted octanol–water partition coefficient (Wildman–Crippen LogP) is 0.407. The van der Waals surface area contributed by atoms with Crippen molar-refractivity contribution in [3.05, 3.63) is 24.0 Å². The first kappa shape index (κ1) is 10.0. The summed E-state index contributed by atoms with van der Waals surface area (Å²) in [6.45, 7) is 0. The molecule has 0 unspecified atom stereocenters. The van der Waals surface area contributed by atoms with Crippen molar-refractivity contribution in [3.8, 4) is 5.82 Å². The van der Waals surface area contributed by atoms with E-state index >= 15 is 0 Å². The van der Waals surface area contributed by atoms with Gasteiger partial charge in [-0.15, -0.1) is 0 Å². The van der Waals surface area contributed by atoms with E-state index in [1.54, 1.807) is 10.7 Å². The zero-order valence-electron chi connectivity index (χ0n) is 9.17. The van der Waals surface area contributed by atoms with Gasteiger partial charge in [-0.3, -0.25) is 0 Å². The lowest BCUT2D eigenvalue weighted by Gasteiger charge is -2.04. The van der Waals surface area contributed by atoms with Crippen molar-refractivity contribution in [2.75, 3.05) is 11.2 Å². The number of anilines is 2. The van der Waals surface area contributed by atoms with E-state index in [0.717, 1.165) is 5.69 Å². The fraction of sp³-hybridized carbons (Fsp3) is 0.300. The van der Waals surface area contributed by atoms with Crippen molar-refractivity contribution in [2.24, 2.45) is 5.84 Å². The van der Waals surface area contributed by atoms with Crippen LogP contribution in [0.1, 0.15) is 24.5 Å². The van der Waals surface area contributed by atoms with Crippen LogP contribution in [0.5, 0.6) is 0 Å². The van der Waals surface area contributed by atoms with E-state index in [1.165, 1.54) is 12.8 Å². The van der Waals surface area contributed by atoms with Gasteiger partial charge in [-0.1, -0.05) is 0 Å². The molecule has 0 radical (unpaired) electrons. The van der Waals surface area contributed by atoms with Gasteiger partial charge in [0.2, 0.25) is 5.95 Å². The summed E-state index contributed by atoms with van der Waals surface area (Å²) < 4.78 is 1.69. The summed E-state index contributed by atoms with van der Waals surface area (Å²) >= 11 is 0. The van der Waals surface area contributed by atoms with Gasteiger partial charge in [0.25, 0.3) is 0 Å². The van der Waals surface area contributed by atoms with Crippen molar-refractivity contribution in [2.45, 2.75) is 18.8 Å². The SMILES string of the molecule is NNc1cc(-n2ccc(C3CC3)n2)nc(N)n1. The quantitative estimate of drug-likeness (QED) is 0.521. The number of hydrogen-bond acceptors (Lipinski definition) is 6. The Balaban J connectivity index is 1.98. The maximum atomic E-state index is 5.59. The van der Waals surface area contributed by atoms with Crippen molar-refractivity contribution in [3.63, 3.8) is 0 Å². The Morgan fingerprint density at radius 3 is 2.88 bits per heavy atom. The van der Waals surface area contributed by atoms with Crippen LogP contribution in [0, 0.1) is 0 Å². The van der Waals surface area contributed by atoms with Crippen molar-refractivity contribution in [1.82, 2.24) is 19.7 Å². The zero-order chi connectivity index (χ0) is 11.8. The van der Waals surface area contributed by atoms with E-state index < -0.39 is 0 Å². The highest BCUT2D eigenvalue weighted by Crippen LogP contribution is 2.38. The maximum Gasteiger partial charge on any atom is 0.224 e. The lowest BCUT2D eigenvalue weighted by Crippen LogP contribution is -2.12. The highest BCUT2D eigenvalue weighted by molar-refractivity contribution is 5.44. The molecule has 0 amide bonds. The van der Waals surface area contributed by atoms with Crippen molar-refractivity contribution in [1.29, 1.82) is 0 Å². The summed E-state index contributed by atoms with van der Waals surface area (Å²) in [5, 5.41) is 4.46. The monoisotopic (exact) mass is 231 g/mol. The van der Waals surface area contributed by atoms with E-state index in [4.69, 9.17) is 11.6 Å². The lowest BCUT2D eigenvalue weighted by molar-refractivity contribution is 0.810. The Bertz CT molecular complexity index is 543. The summed E-state index contributed by atoms with van der Waals surface area (Å²) in [6.07, 6.45) is 4.31. The van der Waals surface area contributed by atoms with Gasteiger partial charge in [0.05, 0.1) is 5.69 Å². The minimum Gasteiger partial charge on any atom is -0.368 e. The van der Waals surface area contributed by atoms with E-state index in [-0.39, 0.29) is 5.95 Å². The molecule has 17 heavy (non-hydrogen) atoms. The number of nitrogens with one attached hydrogen (secondary N) is 1. The topological polar surface area (TPSA) is 108 Å². The molecule has 0 bridgehead atoms. The van der Waals surface area contributed by atoms with Gasteiger partial charge in [0.15, 0.2) is 5.82 Å². The zero-order valence-corrected chi connectivity index (χ0v) is 9.17. The maximum absolute atomic E-state index is 5.59. The molecule has 7 heteroatoms. The fourth-order valence-electron chi connectivity index (χ4n) is 1.71. The van der Waals surface area contributed by atoms with E-state index in [9.17, 15) is 0 Å². The summed E-state index contributed by atoms with van der Waals surface area (Å²) in [6, 6.07) is 3.70. The summed E-state index contributed by atoms with van der Waals surface area (Å²) in [7, 11) is 0. The Hall–Kier alpha value is -2.15. The Labute approximate surface area is 97.8 Å². The average Bonchev–Trinajstić information content (AvgIpc) is 3.06. The first-order valence-corrected chi connectivity index (χ1v) is 5.43. The second-order valence-electron chi connectivity index (χ2n) is 4.07. The molecule has 0 saturated heterocycles. The van der Waals surface area contributed by atoms with Gasteiger partial charge in [0.1, 0.15) is 5.82 Å². The molecule has 2 heterocycles. The van der Waals surface area contributed by atoms with Crippen LogP contribution in [0.3, 0.4) is 0 Å². The molecule has 5 N–H and O–H groups in total. The highest BCUT2D eigenvalue weighted by atomic mass is 15.3. The van der Waals surface area contributed by atoms with Crippen LogP contribution < -0.4 is 17.0 Å². The molecule has 0 spiro atoms. The molecule has 2 aromatic heterocycles. The number of aromatic nitrogens is 4. The average molecular weight is 231 g/mol. The number of nitrogens with two attached hydrogens (primary N) is 2. The Morgan fingerprint density at radius 1 is 1.35 bits per heavy atom. The van der Waals surface area contributed by atoms with Gasteiger partial charge in [-0.05, 0) is 18.9 Å². The summed E-state index contributed by atoms with van der Waals surface area (Å²) in [5.74, 6) is 7.16. The molecule has 1 fully saturated rings. The molecule has 0 atom stereocenters. The Morgan fingerprint density at radius 2 is 2.18 bits per heavy atom. The highest BCUT2D eigenvalue weighted by Gasteiger charge is 2.26. The predicted molar refractivity (Wildman–Crippen MR) is 63.4 cm³/mol. The second kappa shape index (κ2) is 3.70. The van der Waals surface area contributed by atoms with Crippen molar-refractivity contribution < 1.29 is 0 Å². The van der Waals surface area contributed by atoms with Crippen LogP contribution in [0.25, 0.3) is 5.82 Å². The first-order valence-electron chi connectivity index (χ1n) is 5.43. The molecule has 7 nitrogen and oxygen atoms in total. The largest absolute Gasteiger partial charge is 0.368 e. The molecular formula is C10H13N7. The van der Waals surface area contributed by atoms with E-state index in [2.05, 4.69) is 20.5 Å². The van der Waals surface area contributed by atoms with Crippen molar-refractivity contribution >= 4 is 11.8 Å². The van der Waals surface area contributed by atoms with Gasteiger partial charge >= 0.3 is 0 Å². The van der Waals surface area contributed by atoms with Crippen LogP contribution in [-0.2, 0) is 0 Å². The molecule has 0 aromatic carbocycles. The number of nitrogens with zero attached hydrogens (tertiary/aromatic N) is 4. The molecule has 88 valence electrons. The number of hydrazine groups is 1. The van der Waals surface area contributed by atoms with E-state index in [0.29, 0.717) is 17.6 Å². The smallest absolute Gasteiger partial charge is 0.224 e. The van der Waals surface area contributed by atoms with Gasteiger partial charge in [-0.25, -0.2) is 10.5 Å². The molecule has 1 saturated carbocycles. The first-order chi connectivity index (χ1) is 8.26. The summed E-state index contributed by atoms with van der Waals surface area (Å²) in [5.41, 5.74) is 9.14.